The Labute approximate surface area is 54.0 Å². The van der Waals surface area contributed by atoms with Gasteiger partial charge in [0.2, 0.25) is 0 Å². The van der Waals surface area contributed by atoms with Crippen LogP contribution in [0.25, 0.3) is 0 Å². The second-order valence-electron chi connectivity index (χ2n) is 2.36. The molecule has 0 spiro atoms. The maximum absolute atomic E-state index is 8.96. The molecule has 0 aliphatic carbocycles. The van der Waals surface area contributed by atoms with Gasteiger partial charge in [0.25, 0.3) is 0 Å². The molecule has 9 heavy (non-hydrogen) atoms. The first-order valence-corrected chi connectivity index (χ1v) is 3.00. The highest BCUT2D eigenvalue weighted by Gasteiger charge is 2.18. The van der Waals surface area contributed by atoms with Gasteiger partial charge in [0.15, 0.2) is 5.88 Å². The van der Waals surface area contributed by atoms with Crippen LogP contribution in [0.15, 0.2) is 11.5 Å². The van der Waals surface area contributed by atoms with Crippen LogP contribution in [0.3, 0.4) is 0 Å². The fourth-order valence-corrected chi connectivity index (χ4v) is 0.944. The Morgan fingerprint density at radius 1 is 1.78 bits per heavy atom. The molecule has 3 nitrogen and oxygen atoms in total. The highest BCUT2D eigenvalue weighted by Crippen LogP contribution is 2.14. The minimum atomic E-state index is 0.0324. The van der Waals surface area contributed by atoms with E-state index >= 15 is 0 Å². The smallest absolute Gasteiger partial charge is 0.183 e. The lowest BCUT2D eigenvalue weighted by Gasteiger charge is -2.05. The largest absolute Gasteiger partial charge is 0.495 e. The third-order valence-corrected chi connectivity index (χ3v) is 1.52. The molecule has 3 N–H and O–H groups in total. The van der Waals surface area contributed by atoms with Crippen molar-refractivity contribution in [1.82, 2.24) is 5.32 Å². The summed E-state index contributed by atoms with van der Waals surface area (Å²) in [6, 6.07) is 0.0324. The van der Waals surface area contributed by atoms with Crippen molar-refractivity contribution in [3.05, 3.63) is 11.5 Å². The van der Waals surface area contributed by atoms with Gasteiger partial charge in [-0.15, -0.1) is 0 Å². The summed E-state index contributed by atoms with van der Waals surface area (Å²) in [5.41, 5.74) is 0.925. The van der Waals surface area contributed by atoms with Gasteiger partial charge in [-0.2, -0.15) is 0 Å². The van der Waals surface area contributed by atoms with Crippen molar-refractivity contribution in [2.45, 2.75) is 19.4 Å². The first-order chi connectivity index (χ1) is 4.24. The van der Waals surface area contributed by atoms with Crippen molar-refractivity contribution in [2.75, 3.05) is 6.61 Å². The molecule has 1 rings (SSSR count). The first-order valence-electron chi connectivity index (χ1n) is 3.00. The van der Waals surface area contributed by atoms with E-state index in [1.54, 1.807) is 0 Å². The fraction of sp³-hybridized carbons (Fsp3) is 0.667. The Hall–Kier alpha value is -0.700. The van der Waals surface area contributed by atoms with E-state index in [4.69, 9.17) is 10.2 Å². The molecule has 0 fully saturated rings. The Kier molecular flexibility index (Phi) is 1.62. The van der Waals surface area contributed by atoms with Crippen LogP contribution >= 0.6 is 0 Å². The monoisotopic (exact) mass is 129 g/mol. The molecule has 0 aromatic carbocycles. The molecule has 0 amide bonds. The second kappa shape index (κ2) is 2.27. The number of aliphatic hydroxyl groups excluding tert-OH is 2. The van der Waals surface area contributed by atoms with Crippen molar-refractivity contribution in [1.29, 1.82) is 0 Å². The standard InChI is InChI=1S/C6H11NO2/c1-4-2-5(3-8)7-6(4)9/h5,7-9H,2-3H2,1H3. The highest BCUT2D eigenvalue weighted by molar-refractivity contribution is 5.12. The van der Waals surface area contributed by atoms with E-state index in [-0.39, 0.29) is 18.5 Å². The molecule has 1 heterocycles. The molecule has 52 valence electrons. The maximum Gasteiger partial charge on any atom is 0.183 e. The fourth-order valence-electron chi connectivity index (χ4n) is 0.944. The zero-order chi connectivity index (χ0) is 6.85. The summed E-state index contributed by atoms with van der Waals surface area (Å²) in [5, 5.41) is 20.3. The minimum absolute atomic E-state index is 0.0324. The molecule has 0 bridgehead atoms. The normalized spacial score (nSPS) is 26.7. The molecule has 0 aromatic rings. The van der Waals surface area contributed by atoms with Crippen LogP contribution in [0.4, 0.5) is 0 Å². The summed E-state index contributed by atoms with van der Waals surface area (Å²) in [4.78, 5) is 0. The molecule has 1 atom stereocenters. The Morgan fingerprint density at radius 3 is 2.67 bits per heavy atom. The second-order valence-corrected chi connectivity index (χ2v) is 2.36. The lowest BCUT2D eigenvalue weighted by molar-refractivity contribution is 0.243. The van der Waals surface area contributed by atoms with Crippen molar-refractivity contribution in [2.24, 2.45) is 0 Å². The summed E-state index contributed by atoms with van der Waals surface area (Å²) in [6.45, 7) is 1.93. The van der Waals surface area contributed by atoms with Gasteiger partial charge in [-0.25, -0.2) is 0 Å². The third kappa shape index (κ3) is 1.16. The van der Waals surface area contributed by atoms with Gasteiger partial charge in [0, 0.05) is 0 Å². The van der Waals surface area contributed by atoms with Crippen LogP contribution in [0, 0.1) is 0 Å². The molecule has 1 aliphatic rings. The minimum Gasteiger partial charge on any atom is -0.495 e. The molecular formula is C6H11NO2. The number of hydrogen-bond acceptors (Lipinski definition) is 3. The van der Waals surface area contributed by atoms with Crippen LogP contribution in [0.1, 0.15) is 13.3 Å². The van der Waals surface area contributed by atoms with E-state index in [0.717, 1.165) is 12.0 Å². The van der Waals surface area contributed by atoms with E-state index < -0.39 is 0 Å². The maximum atomic E-state index is 8.96. The van der Waals surface area contributed by atoms with E-state index in [9.17, 15) is 0 Å². The summed E-state index contributed by atoms with van der Waals surface area (Å²) < 4.78 is 0. The molecule has 0 aromatic heterocycles. The van der Waals surface area contributed by atoms with Crippen LogP contribution in [-0.4, -0.2) is 22.9 Å². The number of nitrogens with one attached hydrogen (secondary N) is 1. The molecule has 0 radical (unpaired) electrons. The van der Waals surface area contributed by atoms with Gasteiger partial charge >= 0.3 is 0 Å². The number of hydrogen-bond donors (Lipinski definition) is 3. The van der Waals surface area contributed by atoms with Gasteiger partial charge in [-0.3, -0.25) is 0 Å². The molecule has 0 saturated carbocycles. The Bertz CT molecular complexity index is 128. The quantitative estimate of drug-likeness (QED) is 0.471. The lowest BCUT2D eigenvalue weighted by atomic mass is 10.2. The summed E-state index contributed by atoms with van der Waals surface area (Å²) >= 11 is 0. The van der Waals surface area contributed by atoms with E-state index in [1.165, 1.54) is 0 Å². The van der Waals surface area contributed by atoms with E-state index in [0.29, 0.717) is 0 Å². The van der Waals surface area contributed by atoms with Gasteiger partial charge < -0.3 is 15.5 Å². The zero-order valence-corrected chi connectivity index (χ0v) is 5.39. The van der Waals surface area contributed by atoms with Crippen LogP contribution < -0.4 is 5.32 Å². The third-order valence-electron chi connectivity index (χ3n) is 1.52. The van der Waals surface area contributed by atoms with E-state index in [1.807, 2.05) is 6.92 Å². The lowest BCUT2D eigenvalue weighted by Crippen LogP contribution is -2.25. The summed E-state index contributed by atoms with van der Waals surface area (Å²) in [5.74, 6) is 0.231. The number of rotatable bonds is 1. The average Bonchev–Trinajstić information content (AvgIpc) is 2.13. The average molecular weight is 129 g/mol. The van der Waals surface area contributed by atoms with Crippen molar-refractivity contribution >= 4 is 0 Å². The zero-order valence-electron chi connectivity index (χ0n) is 5.39. The topological polar surface area (TPSA) is 52.5 Å². The molecule has 0 saturated heterocycles. The SMILES string of the molecule is CC1=C(O)NC(CO)C1. The highest BCUT2D eigenvalue weighted by atomic mass is 16.3. The van der Waals surface area contributed by atoms with Gasteiger partial charge in [-0.1, -0.05) is 0 Å². The van der Waals surface area contributed by atoms with Crippen molar-refractivity contribution < 1.29 is 10.2 Å². The molecule has 1 aliphatic heterocycles. The Balaban J connectivity index is 2.48. The van der Waals surface area contributed by atoms with Gasteiger partial charge in [0.1, 0.15) is 0 Å². The number of aliphatic hydroxyl groups is 2. The Morgan fingerprint density at radius 2 is 2.44 bits per heavy atom. The summed E-state index contributed by atoms with van der Waals surface area (Å²) in [7, 11) is 0. The van der Waals surface area contributed by atoms with Gasteiger partial charge in [-0.05, 0) is 18.9 Å². The van der Waals surface area contributed by atoms with Crippen LogP contribution in [0.5, 0.6) is 0 Å². The predicted molar refractivity (Wildman–Crippen MR) is 34.0 cm³/mol. The van der Waals surface area contributed by atoms with Crippen LogP contribution in [0.2, 0.25) is 0 Å². The summed E-state index contributed by atoms with van der Waals surface area (Å²) in [6.07, 6.45) is 0.752. The van der Waals surface area contributed by atoms with Crippen molar-refractivity contribution in [3.63, 3.8) is 0 Å². The molecule has 1 unspecified atom stereocenters. The van der Waals surface area contributed by atoms with Crippen molar-refractivity contribution in [3.8, 4) is 0 Å². The first kappa shape index (κ1) is 6.42. The van der Waals surface area contributed by atoms with Crippen LogP contribution in [-0.2, 0) is 0 Å². The predicted octanol–water partition coefficient (Wildman–Crippen LogP) is 0.130. The molecular weight excluding hydrogens is 118 g/mol. The molecule has 3 heteroatoms. The van der Waals surface area contributed by atoms with Gasteiger partial charge in [0.05, 0.1) is 12.6 Å². The van der Waals surface area contributed by atoms with E-state index in [2.05, 4.69) is 5.32 Å².